The zero-order valence-electron chi connectivity index (χ0n) is 15.4. The molecule has 0 atom stereocenters. The summed E-state index contributed by atoms with van der Waals surface area (Å²) in [5.74, 6) is 0.292. The first-order valence-electron chi connectivity index (χ1n) is 8.94. The summed E-state index contributed by atoms with van der Waals surface area (Å²) in [6, 6.07) is 20.5. The number of ether oxygens (including phenoxy) is 2. The van der Waals surface area contributed by atoms with Crippen molar-refractivity contribution < 1.29 is 14.3 Å². The minimum atomic E-state index is -0.538. The molecule has 3 aromatic carbocycles. The summed E-state index contributed by atoms with van der Waals surface area (Å²) in [4.78, 5) is 16.7. The zero-order chi connectivity index (χ0) is 21.1. The molecule has 0 aromatic heterocycles. The maximum absolute atomic E-state index is 12.3. The SMILES string of the molecule is O=C1OC(c2ccc(Cl)c(Cl)c2)=N/C1=C\c1ccccc1OCc1cccc(I)c1. The van der Waals surface area contributed by atoms with Gasteiger partial charge in [0.1, 0.15) is 12.4 Å². The van der Waals surface area contributed by atoms with Gasteiger partial charge >= 0.3 is 5.97 Å². The molecule has 0 saturated heterocycles. The fourth-order valence-corrected chi connectivity index (χ4v) is 3.73. The van der Waals surface area contributed by atoms with Crippen LogP contribution in [0.2, 0.25) is 10.0 Å². The Bertz CT molecular complexity index is 1190. The number of cyclic esters (lactones) is 1. The molecule has 0 spiro atoms. The molecular formula is C23H14Cl2INO3. The maximum Gasteiger partial charge on any atom is 0.363 e. The zero-order valence-corrected chi connectivity index (χ0v) is 19.1. The Morgan fingerprint density at radius 2 is 1.83 bits per heavy atom. The van der Waals surface area contributed by atoms with Crippen LogP contribution in [-0.4, -0.2) is 11.9 Å². The van der Waals surface area contributed by atoms with Crippen molar-refractivity contribution in [2.45, 2.75) is 6.61 Å². The Balaban J connectivity index is 1.59. The Morgan fingerprint density at radius 3 is 2.63 bits per heavy atom. The molecule has 0 bridgehead atoms. The molecule has 150 valence electrons. The van der Waals surface area contributed by atoms with Crippen molar-refractivity contribution in [3.05, 3.63) is 103 Å². The molecule has 0 saturated carbocycles. The number of nitrogens with zero attached hydrogens (tertiary/aromatic N) is 1. The predicted molar refractivity (Wildman–Crippen MR) is 127 cm³/mol. The van der Waals surface area contributed by atoms with Crippen LogP contribution in [0.4, 0.5) is 0 Å². The van der Waals surface area contributed by atoms with E-state index >= 15 is 0 Å². The number of hydrogen-bond donors (Lipinski definition) is 0. The molecule has 0 amide bonds. The molecule has 4 nitrogen and oxygen atoms in total. The van der Waals surface area contributed by atoms with Crippen molar-refractivity contribution in [3.63, 3.8) is 0 Å². The topological polar surface area (TPSA) is 47.9 Å². The second kappa shape index (κ2) is 9.20. The van der Waals surface area contributed by atoms with E-state index in [-0.39, 0.29) is 11.6 Å². The molecular weight excluding hydrogens is 536 g/mol. The third kappa shape index (κ3) is 4.86. The van der Waals surface area contributed by atoms with Crippen LogP contribution in [0.3, 0.4) is 0 Å². The third-order valence-electron chi connectivity index (χ3n) is 4.28. The van der Waals surface area contributed by atoms with Gasteiger partial charge in [-0.2, -0.15) is 0 Å². The first kappa shape index (κ1) is 20.9. The van der Waals surface area contributed by atoms with E-state index in [1.54, 1.807) is 24.3 Å². The first-order valence-corrected chi connectivity index (χ1v) is 10.8. The number of para-hydroxylation sites is 1. The lowest BCUT2D eigenvalue weighted by atomic mass is 10.1. The minimum Gasteiger partial charge on any atom is -0.488 e. The van der Waals surface area contributed by atoms with Gasteiger partial charge in [-0.05, 0) is 70.6 Å². The summed E-state index contributed by atoms with van der Waals surface area (Å²) in [7, 11) is 0. The maximum atomic E-state index is 12.3. The van der Waals surface area contributed by atoms with E-state index in [4.69, 9.17) is 32.7 Å². The van der Waals surface area contributed by atoms with Crippen molar-refractivity contribution in [1.29, 1.82) is 0 Å². The second-order valence-electron chi connectivity index (χ2n) is 6.42. The third-order valence-corrected chi connectivity index (χ3v) is 5.69. The van der Waals surface area contributed by atoms with Crippen LogP contribution in [0.5, 0.6) is 5.75 Å². The van der Waals surface area contributed by atoms with Crippen molar-refractivity contribution >= 4 is 63.7 Å². The van der Waals surface area contributed by atoms with Gasteiger partial charge in [0.15, 0.2) is 5.70 Å². The highest BCUT2D eigenvalue weighted by molar-refractivity contribution is 14.1. The molecule has 0 fully saturated rings. The number of esters is 1. The summed E-state index contributed by atoms with van der Waals surface area (Å²) < 4.78 is 12.4. The quantitative estimate of drug-likeness (QED) is 0.207. The van der Waals surface area contributed by atoms with Gasteiger partial charge in [-0.25, -0.2) is 9.79 Å². The molecule has 0 aliphatic carbocycles. The molecule has 1 aliphatic heterocycles. The van der Waals surface area contributed by atoms with E-state index in [2.05, 4.69) is 33.6 Å². The van der Waals surface area contributed by atoms with Gasteiger partial charge in [0.05, 0.1) is 10.0 Å². The number of benzene rings is 3. The van der Waals surface area contributed by atoms with Crippen LogP contribution in [0.25, 0.3) is 6.08 Å². The average Bonchev–Trinajstić information content (AvgIpc) is 3.10. The highest BCUT2D eigenvalue weighted by atomic mass is 127. The van der Waals surface area contributed by atoms with Crippen LogP contribution >= 0.6 is 45.8 Å². The molecule has 0 radical (unpaired) electrons. The van der Waals surface area contributed by atoms with Gasteiger partial charge in [-0.3, -0.25) is 0 Å². The van der Waals surface area contributed by atoms with Crippen molar-refractivity contribution in [2.24, 2.45) is 4.99 Å². The first-order chi connectivity index (χ1) is 14.5. The highest BCUT2D eigenvalue weighted by Crippen LogP contribution is 2.28. The smallest absolute Gasteiger partial charge is 0.363 e. The van der Waals surface area contributed by atoms with E-state index in [0.717, 1.165) is 14.7 Å². The fraction of sp³-hybridized carbons (Fsp3) is 0.0435. The Morgan fingerprint density at radius 1 is 1.00 bits per heavy atom. The lowest BCUT2D eigenvalue weighted by Gasteiger charge is -2.09. The van der Waals surface area contributed by atoms with E-state index in [0.29, 0.717) is 28.0 Å². The van der Waals surface area contributed by atoms with E-state index in [9.17, 15) is 4.79 Å². The number of halogens is 3. The predicted octanol–water partition coefficient (Wildman–Crippen LogP) is 6.52. The van der Waals surface area contributed by atoms with E-state index in [1.807, 2.05) is 42.5 Å². The Labute approximate surface area is 197 Å². The monoisotopic (exact) mass is 549 g/mol. The minimum absolute atomic E-state index is 0.182. The standard InChI is InChI=1S/C23H14Cl2INO3/c24-18-9-8-16(11-19(18)25)22-27-20(23(28)30-22)12-15-5-1-2-7-21(15)29-13-14-4-3-6-17(26)10-14/h1-12H,13H2/b20-12-. The van der Waals surface area contributed by atoms with Gasteiger partial charge in [-0.15, -0.1) is 0 Å². The summed E-state index contributed by atoms with van der Waals surface area (Å²) in [6.45, 7) is 0.416. The van der Waals surface area contributed by atoms with Crippen LogP contribution < -0.4 is 4.74 Å². The van der Waals surface area contributed by atoms with Crippen LogP contribution in [0, 0.1) is 3.57 Å². The molecule has 1 aliphatic rings. The van der Waals surface area contributed by atoms with Gasteiger partial charge in [0, 0.05) is 14.7 Å². The van der Waals surface area contributed by atoms with Crippen molar-refractivity contribution in [2.75, 3.05) is 0 Å². The molecule has 4 rings (SSSR count). The number of rotatable bonds is 5. The summed E-state index contributed by atoms with van der Waals surface area (Å²) >= 11 is 14.3. The Kier molecular flexibility index (Phi) is 6.41. The van der Waals surface area contributed by atoms with Gasteiger partial charge in [0.25, 0.3) is 0 Å². The van der Waals surface area contributed by atoms with Gasteiger partial charge in [-0.1, -0.05) is 53.5 Å². The molecule has 1 heterocycles. The van der Waals surface area contributed by atoms with E-state index < -0.39 is 5.97 Å². The molecule has 0 unspecified atom stereocenters. The average molecular weight is 550 g/mol. The number of carbonyl (C=O) groups is 1. The molecule has 30 heavy (non-hydrogen) atoms. The van der Waals surface area contributed by atoms with Gasteiger partial charge in [0.2, 0.25) is 5.90 Å². The molecule has 3 aromatic rings. The fourth-order valence-electron chi connectivity index (χ4n) is 2.83. The van der Waals surface area contributed by atoms with E-state index in [1.165, 1.54) is 0 Å². The normalized spacial score (nSPS) is 14.6. The summed E-state index contributed by atoms with van der Waals surface area (Å²) in [6.07, 6.45) is 1.65. The van der Waals surface area contributed by atoms with Crippen LogP contribution in [-0.2, 0) is 16.1 Å². The molecule has 7 heteroatoms. The van der Waals surface area contributed by atoms with Crippen LogP contribution in [0.1, 0.15) is 16.7 Å². The second-order valence-corrected chi connectivity index (χ2v) is 8.48. The number of carbonyl (C=O) groups excluding carboxylic acids is 1. The van der Waals surface area contributed by atoms with Crippen LogP contribution in [0.15, 0.2) is 77.4 Å². The molecule has 0 N–H and O–H groups in total. The number of aliphatic imine (C=N–C) groups is 1. The lowest BCUT2D eigenvalue weighted by molar-refractivity contribution is -0.129. The number of hydrogen-bond acceptors (Lipinski definition) is 4. The van der Waals surface area contributed by atoms with Crippen molar-refractivity contribution in [3.8, 4) is 5.75 Å². The largest absolute Gasteiger partial charge is 0.488 e. The Hall–Kier alpha value is -2.35. The van der Waals surface area contributed by atoms with Gasteiger partial charge < -0.3 is 9.47 Å². The summed E-state index contributed by atoms with van der Waals surface area (Å²) in [5, 5.41) is 0.778. The lowest BCUT2D eigenvalue weighted by Crippen LogP contribution is -2.05. The summed E-state index contributed by atoms with van der Waals surface area (Å²) in [5.41, 5.74) is 2.55. The highest BCUT2D eigenvalue weighted by Gasteiger charge is 2.25. The van der Waals surface area contributed by atoms with Crippen molar-refractivity contribution in [1.82, 2.24) is 0 Å².